The summed E-state index contributed by atoms with van der Waals surface area (Å²) < 4.78 is 1.71. The van der Waals surface area contributed by atoms with Crippen LogP contribution in [0.5, 0.6) is 0 Å². The molecule has 1 saturated heterocycles. The van der Waals surface area contributed by atoms with Crippen molar-refractivity contribution in [3.8, 4) is 11.1 Å². The number of primary amides is 1. The summed E-state index contributed by atoms with van der Waals surface area (Å²) in [5.74, 6) is 0.374. The predicted molar refractivity (Wildman–Crippen MR) is 136 cm³/mol. The van der Waals surface area contributed by atoms with E-state index in [1.165, 1.54) is 5.56 Å². The van der Waals surface area contributed by atoms with Crippen LogP contribution in [-0.4, -0.2) is 40.2 Å². The average molecular weight is 467 g/mol. The second kappa shape index (κ2) is 8.23. The van der Waals surface area contributed by atoms with Gasteiger partial charge in [-0.15, -0.1) is 0 Å². The van der Waals surface area contributed by atoms with E-state index in [1.807, 2.05) is 48.5 Å². The minimum atomic E-state index is -0.266. The quantitative estimate of drug-likeness (QED) is 0.497. The van der Waals surface area contributed by atoms with Gasteiger partial charge in [-0.05, 0) is 49.1 Å². The fourth-order valence-corrected chi connectivity index (χ4v) is 5.22. The maximum atomic E-state index is 13.7. The maximum absolute atomic E-state index is 13.7. The van der Waals surface area contributed by atoms with Crippen molar-refractivity contribution in [2.45, 2.75) is 19.8 Å². The van der Waals surface area contributed by atoms with Crippen LogP contribution in [0.1, 0.15) is 17.5 Å². The number of anilines is 2. The monoisotopic (exact) mass is 466 g/mol. The fraction of sp³-hybridized carbons (Fsp3) is 0.259. The highest BCUT2D eigenvalue weighted by Gasteiger charge is 2.27. The number of carbonyl (C=O) groups is 1. The molecule has 176 valence electrons. The highest BCUT2D eigenvalue weighted by atomic mass is 16.1. The summed E-state index contributed by atoms with van der Waals surface area (Å²) in [6.45, 7) is 4.03. The van der Waals surface area contributed by atoms with Crippen molar-refractivity contribution in [2.24, 2.45) is 11.7 Å². The third-order valence-electron chi connectivity index (χ3n) is 7.16. The summed E-state index contributed by atoms with van der Waals surface area (Å²) in [6.07, 6.45) is 7.04. The third-order valence-corrected chi connectivity index (χ3v) is 7.16. The summed E-state index contributed by atoms with van der Waals surface area (Å²) >= 11 is 0. The van der Waals surface area contributed by atoms with Crippen LogP contribution in [0.2, 0.25) is 0 Å². The second-order valence-electron chi connectivity index (χ2n) is 9.32. The third kappa shape index (κ3) is 3.62. The van der Waals surface area contributed by atoms with Crippen molar-refractivity contribution < 1.29 is 4.79 Å². The Morgan fingerprint density at radius 3 is 2.77 bits per heavy atom. The van der Waals surface area contributed by atoms with Crippen LogP contribution in [0, 0.1) is 12.8 Å². The van der Waals surface area contributed by atoms with Gasteiger partial charge in [0, 0.05) is 55.2 Å². The number of carbonyl (C=O) groups excluding carboxylic acids is 1. The van der Waals surface area contributed by atoms with E-state index in [0.717, 1.165) is 59.5 Å². The first-order valence-electron chi connectivity index (χ1n) is 11.9. The number of hydrogen-bond acceptors (Lipinski definition) is 6. The van der Waals surface area contributed by atoms with Gasteiger partial charge >= 0.3 is 0 Å². The van der Waals surface area contributed by atoms with Crippen molar-refractivity contribution in [3.63, 3.8) is 0 Å². The molecule has 1 amide bonds. The minimum Gasteiger partial charge on any atom is -0.369 e. The second-order valence-corrected chi connectivity index (χ2v) is 9.32. The predicted octanol–water partition coefficient (Wildman–Crippen LogP) is 2.90. The number of aromatic nitrogens is 3. The molecule has 1 fully saturated rings. The SMILES string of the molecule is Cc1ccn(N2CCc3ccccc32)c(=O)c1-c1cnc2cc(N3CC[C@@H](C(N)=O)C3)ncc2c1. The highest BCUT2D eigenvalue weighted by Crippen LogP contribution is 2.30. The van der Waals surface area contributed by atoms with Crippen LogP contribution in [0.3, 0.4) is 0 Å². The van der Waals surface area contributed by atoms with Crippen LogP contribution < -0.4 is 21.2 Å². The molecule has 35 heavy (non-hydrogen) atoms. The zero-order valence-electron chi connectivity index (χ0n) is 19.5. The Kier molecular flexibility index (Phi) is 5.02. The molecular formula is C27H26N6O2. The number of amides is 1. The van der Waals surface area contributed by atoms with Gasteiger partial charge in [-0.1, -0.05) is 18.2 Å². The molecule has 8 heteroatoms. The molecule has 0 spiro atoms. The van der Waals surface area contributed by atoms with Gasteiger partial charge in [0.2, 0.25) is 5.91 Å². The first-order chi connectivity index (χ1) is 17.0. The maximum Gasteiger partial charge on any atom is 0.277 e. The lowest BCUT2D eigenvalue weighted by atomic mass is 10.0. The molecule has 0 unspecified atom stereocenters. The van der Waals surface area contributed by atoms with Gasteiger partial charge in [-0.25, -0.2) is 9.66 Å². The van der Waals surface area contributed by atoms with Crippen LogP contribution >= 0.6 is 0 Å². The largest absolute Gasteiger partial charge is 0.369 e. The number of fused-ring (bicyclic) bond motifs is 2. The van der Waals surface area contributed by atoms with E-state index >= 15 is 0 Å². The van der Waals surface area contributed by atoms with Gasteiger partial charge in [0.05, 0.1) is 22.7 Å². The molecule has 1 aromatic carbocycles. The van der Waals surface area contributed by atoms with E-state index in [2.05, 4.69) is 27.0 Å². The molecule has 3 aromatic heterocycles. The molecule has 0 aliphatic carbocycles. The number of aryl methyl sites for hydroxylation is 1. The lowest BCUT2D eigenvalue weighted by molar-refractivity contribution is -0.121. The Morgan fingerprint density at radius 1 is 1.09 bits per heavy atom. The van der Waals surface area contributed by atoms with Gasteiger partial charge in [0.1, 0.15) is 5.82 Å². The summed E-state index contributed by atoms with van der Waals surface area (Å²) in [5.41, 5.74) is 10.8. The minimum absolute atomic E-state index is 0.0676. The number of para-hydroxylation sites is 1. The first kappa shape index (κ1) is 21.3. The lowest BCUT2D eigenvalue weighted by Gasteiger charge is -2.23. The Labute approximate surface area is 202 Å². The van der Waals surface area contributed by atoms with E-state index in [-0.39, 0.29) is 17.4 Å². The van der Waals surface area contributed by atoms with E-state index in [4.69, 9.17) is 5.73 Å². The normalized spacial score (nSPS) is 17.2. The molecule has 0 bridgehead atoms. The van der Waals surface area contributed by atoms with Crippen LogP contribution in [-0.2, 0) is 11.2 Å². The Balaban J connectivity index is 1.36. The number of rotatable bonds is 4. The highest BCUT2D eigenvalue weighted by molar-refractivity contribution is 5.85. The Morgan fingerprint density at radius 2 is 1.94 bits per heavy atom. The lowest BCUT2D eigenvalue weighted by Crippen LogP contribution is -2.37. The van der Waals surface area contributed by atoms with E-state index in [1.54, 1.807) is 17.1 Å². The van der Waals surface area contributed by atoms with Crippen molar-refractivity contribution in [3.05, 3.63) is 82.5 Å². The van der Waals surface area contributed by atoms with Gasteiger partial charge in [0.15, 0.2) is 0 Å². The van der Waals surface area contributed by atoms with E-state index in [9.17, 15) is 9.59 Å². The van der Waals surface area contributed by atoms with Crippen molar-refractivity contribution in [2.75, 3.05) is 29.5 Å². The van der Waals surface area contributed by atoms with E-state index in [0.29, 0.717) is 12.1 Å². The molecular weight excluding hydrogens is 440 g/mol. The van der Waals surface area contributed by atoms with Crippen molar-refractivity contribution >= 4 is 28.3 Å². The molecule has 8 nitrogen and oxygen atoms in total. The Hall–Kier alpha value is -4.20. The molecule has 6 rings (SSSR count). The standard InChI is InChI=1S/C27H26N6O2/c1-17-6-10-33(32-11-8-18-4-2-3-5-23(18)32)27(35)25(17)21-12-20-14-30-24(13-22(20)29-15-21)31-9-7-19(16-31)26(28)34/h2-6,10,12-15,19H,7-9,11,16H2,1H3,(H2,28,34)/t19-/m1/s1. The number of benzene rings is 1. The first-order valence-corrected chi connectivity index (χ1v) is 11.9. The zero-order chi connectivity index (χ0) is 24.1. The molecule has 0 saturated carbocycles. The topological polar surface area (TPSA) is 97.4 Å². The van der Waals surface area contributed by atoms with Crippen molar-refractivity contribution in [1.82, 2.24) is 14.6 Å². The number of hydrogen-bond donors (Lipinski definition) is 1. The van der Waals surface area contributed by atoms with Gasteiger partial charge in [-0.2, -0.15) is 0 Å². The smallest absolute Gasteiger partial charge is 0.277 e. The average Bonchev–Trinajstić information content (AvgIpc) is 3.52. The van der Waals surface area contributed by atoms with Crippen molar-refractivity contribution in [1.29, 1.82) is 0 Å². The summed E-state index contributed by atoms with van der Waals surface area (Å²) in [6, 6.07) is 14.1. The van der Waals surface area contributed by atoms with Crippen LogP contribution in [0.25, 0.3) is 22.0 Å². The van der Waals surface area contributed by atoms with Crippen LogP contribution in [0.15, 0.2) is 65.8 Å². The number of pyridine rings is 3. The zero-order valence-corrected chi connectivity index (χ0v) is 19.5. The summed E-state index contributed by atoms with van der Waals surface area (Å²) in [7, 11) is 0. The van der Waals surface area contributed by atoms with Crippen LogP contribution in [0.4, 0.5) is 11.5 Å². The van der Waals surface area contributed by atoms with E-state index < -0.39 is 0 Å². The van der Waals surface area contributed by atoms with Gasteiger partial charge in [-0.3, -0.25) is 19.6 Å². The molecule has 1 atom stereocenters. The molecule has 2 N–H and O–H groups in total. The summed E-state index contributed by atoms with van der Waals surface area (Å²) in [4.78, 5) is 36.5. The van der Waals surface area contributed by atoms with Gasteiger partial charge < -0.3 is 10.6 Å². The molecule has 2 aliphatic rings. The molecule has 5 heterocycles. The van der Waals surface area contributed by atoms with Gasteiger partial charge in [0.25, 0.3) is 5.56 Å². The Bertz CT molecular complexity index is 1530. The number of nitrogens with zero attached hydrogens (tertiary/aromatic N) is 5. The number of nitrogens with two attached hydrogens (primary N) is 1. The molecule has 4 aromatic rings. The fourth-order valence-electron chi connectivity index (χ4n) is 5.22. The molecule has 0 radical (unpaired) electrons. The summed E-state index contributed by atoms with van der Waals surface area (Å²) in [5, 5.41) is 2.90. The molecule has 2 aliphatic heterocycles.